The van der Waals surface area contributed by atoms with E-state index < -0.39 is 12.0 Å². The van der Waals surface area contributed by atoms with Gasteiger partial charge in [0.15, 0.2) is 0 Å². The molecule has 2 N–H and O–H groups in total. The van der Waals surface area contributed by atoms with Gasteiger partial charge in [-0.15, -0.1) is 0 Å². The summed E-state index contributed by atoms with van der Waals surface area (Å²) in [6.45, 7) is 0. The molecule has 0 bridgehead atoms. The van der Waals surface area contributed by atoms with Gasteiger partial charge >= 0.3 is 5.97 Å². The number of carboxylic acids is 1. The number of benzene rings is 1. The van der Waals surface area contributed by atoms with E-state index in [0.29, 0.717) is 18.6 Å². The van der Waals surface area contributed by atoms with Gasteiger partial charge in [-0.1, -0.05) is 12.1 Å². The molecule has 108 valence electrons. The minimum Gasteiger partial charge on any atom is -0.508 e. The van der Waals surface area contributed by atoms with Crippen LogP contribution in [0.25, 0.3) is 0 Å². The molecule has 0 spiro atoms. The maximum absolute atomic E-state index is 12.2. The van der Waals surface area contributed by atoms with E-state index >= 15 is 0 Å². The highest BCUT2D eigenvalue weighted by Gasteiger charge is 2.41. The first-order chi connectivity index (χ1) is 9.54. The summed E-state index contributed by atoms with van der Waals surface area (Å²) < 4.78 is 0. The Balaban J connectivity index is 2.29. The average Bonchev–Trinajstić information content (AvgIpc) is 2.84. The smallest absolute Gasteiger partial charge is 0.326 e. The Kier molecular flexibility index (Phi) is 4.54. The van der Waals surface area contributed by atoms with Gasteiger partial charge in [0.1, 0.15) is 11.8 Å². The van der Waals surface area contributed by atoms with E-state index in [2.05, 4.69) is 12.6 Å². The SMILES string of the molecule is O=C(O)C1CCC(c2ccc(O)cc2)N1C(=O)CCS. The highest BCUT2D eigenvalue weighted by molar-refractivity contribution is 7.80. The van der Waals surface area contributed by atoms with Gasteiger partial charge in [-0.3, -0.25) is 4.79 Å². The second-order valence-corrected chi connectivity index (χ2v) is 5.26. The number of amides is 1. The van der Waals surface area contributed by atoms with Crippen LogP contribution in [0.15, 0.2) is 24.3 Å². The van der Waals surface area contributed by atoms with Crippen molar-refractivity contribution in [3.8, 4) is 5.75 Å². The fraction of sp³-hybridized carbons (Fsp3) is 0.429. The molecule has 20 heavy (non-hydrogen) atoms. The number of likely N-dealkylation sites (tertiary alicyclic amines) is 1. The summed E-state index contributed by atoms with van der Waals surface area (Å²) in [5.74, 6) is -0.624. The van der Waals surface area contributed by atoms with E-state index in [9.17, 15) is 19.8 Å². The Morgan fingerprint density at radius 1 is 1.25 bits per heavy atom. The van der Waals surface area contributed by atoms with E-state index in [1.165, 1.54) is 4.90 Å². The van der Waals surface area contributed by atoms with Crippen molar-refractivity contribution < 1.29 is 19.8 Å². The van der Waals surface area contributed by atoms with Gasteiger partial charge in [0, 0.05) is 6.42 Å². The number of rotatable bonds is 4. The fourth-order valence-corrected chi connectivity index (χ4v) is 2.84. The van der Waals surface area contributed by atoms with E-state index in [1.807, 2.05) is 0 Å². The first kappa shape index (κ1) is 14.7. The van der Waals surface area contributed by atoms with Crippen molar-refractivity contribution in [2.45, 2.75) is 31.3 Å². The first-order valence-corrected chi connectivity index (χ1v) is 7.11. The number of carbonyl (C=O) groups excluding carboxylic acids is 1. The molecule has 0 radical (unpaired) electrons. The quantitative estimate of drug-likeness (QED) is 0.741. The summed E-state index contributed by atoms with van der Waals surface area (Å²) in [5, 5.41) is 18.6. The van der Waals surface area contributed by atoms with Crippen molar-refractivity contribution >= 4 is 24.5 Å². The molecule has 0 aliphatic carbocycles. The Morgan fingerprint density at radius 2 is 1.90 bits per heavy atom. The third kappa shape index (κ3) is 2.90. The lowest BCUT2D eigenvalue weighted by Crippen LogP contribution is -2.41. The van der Waals surface area contributed by atoms with Crippen LogP contribution in [0.4, 0.5) is 0 Å². The van der Waals surface area contributed by atoms with Gasteiger partial charge in [-0.25, -0.2) is 4.79 Å². The summed E-state index contributed by atoms with van der Waals surface area (Å²) in [6, 6.07) is 5.52. The predicted octanol–water partition coefficient (Wildman–Crippen LogP) is 1.83. The molecule has 1 aromatic rings. The topological polar surface area (TPSA) is 77.8 Å². The first-order valence-electron chi connectivity index (χ1n) is 6.48. The molecule has 5 nitrogen and oxygen atoms in total. The average molecular weight is 295 g/mol. The van der Waals surface area contributed by atoms with Gasteiger partial charge in [-0.05, 0) is 36.3 Å². The predicted molar refractivity (Wildman–Crippen MR) is 76.8 cm³/mol. The Bertz CT molecular complexity index is 502. The molecule has 0 aromatic heterocycles. The molecule has 1 aliphatic heterocycles. The number of phenolic OH excluding ortho intramolecular Hbond substituents is 1. The third-order valence-corrected chi connectivity index (χ3v) is 3.79. The van der Waals surface area contributed by atoms with Crippen molar-refractivity contribution in [1.29, 1.82) is 0 Å². The summed E-state index contributed by atoms with van der Waals surface area (Å²) in [7, 11) is 0. The van der Waals surface area contributed by atoms with Gasteiger partial charge in [0.2, 0.25) is 5.91 Å². The molecule has 2 rings (SSSR count). The number of hydrogen-bond donors (Lipinski definition) is 3. The molecule has 1 saturated heterocycles. The van der Waals surface area contributed by atoms with Crippen LogP contribution in [-0.4, -0.2) is 38.8 Å². The van der Waals surface area contributed by atoms with Crippen molar-refractivity contribution in [1.82, 2.24) is 4.90 Å². The molecule has 1 aliphatic rings. The molecule has 0 saturated carbocycles. The van der Waals surface area contributed by atoms with Crippen LogP contribution < -0.4 is 0 Å². The van der Waals surface area contributed by atoms with E-state index in [0.717, 1.165) is 5.56 Å². The lowest BCUT2D eigenvalue weighted by atomic mass is 10.0. The standard InChI is InChI=1S/C14H17NO4S/c16-10-3-1-9(2-4-10)11-5-6-12(14(18)19)15(11)13(17)7-8-20/h1-4,11-12,16,20H,5-8H2,(H,18,19). The zero-order valence-corrected chi connectivity index (χ0v) is 11.8. The minimum atomic E-state index is -0.973. The normalized spacial score (nSPS) is 21.9. The Labute approximate surface area is 122 Å². The maximum Gasteiger partial charge on any atom is 0.326 e. The van der Waals surface area contributed by atoms with Crippen LogP contribution in [0.1, 0.15) is 30.9 Å². The summed E-state index contributed by atoms with van der Waals surface area (Å²) in [6.07, 6.45) is 1.28. The van der Waals surface area contributed by atoms with Crippen LogP contribution in [0, 0.1) is 0 Å². The van der Waals surface area contributed by atoms with Gasteiger partial charge in [-0.2, -0.15) is 12.6 Å². The number of phenols is 1. The van der Waals surface area contributed by atoms with E-state index in [-0.39, 0.29) is 24.1 Å². The molecule has 1 aromatic carbocycles. The molecule has 1 heterocycles. The van der Waals surface area contributed by atoms with Crippen LogP contribution >= 0.6 is 12.6 Å². The fourth-order valence-electron chi connectivity index (χ4n) is 2.65. The van der Waals surface area contributed by atoms with Gasteiger partial charge in [0.25, 0.3) is 0 Å². The molecule has 2 atom stereocenters. The minimum absolute atomic E-state index is 0.148. The van der Waals surface area contributed by atoms with Gasteiger partial charge in [0.05, 0.1) is 6.04 Å². The Hall–Kier alpha value is -1.69. The van der Waals surface area contributed by atoms with Crippen LogP contribution in [0.2, 0.25) is 0 Å². The van der Waals surface area contributed by atoms with Crippen molar-refractivity contribution in [2.75, 3.05) is 5.75 Å². The highest BCUT2D eigenvalue weighted by atomic mass is 32.1. The van der Waals surface area contributed by atoms with Crippen molar-refractivity contribution in [3.05, 3.63) is 29.8 Å². The number of carboxylic acid groups (broad SMARTS) is 1. The van der Waals surface area contributed by atoms with Crippen LogP contribution in [0.3, 0.4) is 0 Å². The molecular formula is C14H17NO4S. The number of aromatic hydroxyl groups is 1. The summed E-state index contributed by atoms with van der Waals surface area (Å²) >= 11 is 4.04. The second-order valence-electron chi connectivity index (χ2n) is 4.81. The zero-order chi connectivity index (χ0) is 14.7. The number of aliphatic carboxylic acids is 1. The number of nitrogens with zero attached hydrogens (tertiary/aromatic N) is 1. The largest absolute Gasteiger partial charge is 0.508 e. The number of hydrogen-bond acceptors (Lipinski definition) is 4. The summed E-state index contributed by atoms with van der Waals surface area (Å²) in [5.41, 5.74) is 0.846. The number of thiol groups is 1. The van der Waals surface area contributed by atoms with E-state index in [4.69, 9.17) is 0 Å². The molecule has 6 heteroatoms. The van der Waals surface area contributed by atoms with Crippen molar-refractivity contribution in [2.24, 2.45) is 0 Å². The van der Waals surface area contributed by atoms with Crippen LogP contribution in [0.5, 0.6) is 5.75 Å². The summed E-state index contributed by atoms with van der Waals surface area (Å²) in [4.78, 5) is 24.9. The molecule has 2 unspecified atom stereocenters. The van der Waals surface area contributed by atoms with Gasteiger partial charge < -0.3 is 15.1 Å². The Morgan fingerprint density at radius 3 is 2.45 bits per heavy atom. The molecule has 1 fully saturated rings. The lowest BCUT2D eigenvalue weighted by molar-refractivity contribution is -0.149. The monoisotopic (exact) mass is 295 g/mol. The van der Waals surface area contributed by atoms with Crippen LogP contribution in [-0.2, 0) is 9.59 Å². The third-order valence-electron chi connectivity index (χ3n) is 3.56. The van der Waals surface area contributed by atoms with E-state index in [1.54, 1.807) is 24.3 Å². The maximum atomic E-state index is 12.2. The van der Waals surface area contributed by atoms with Crippen molar-refractivity contribution in [3.63, 3.8) is 0 Å². The zero-order valence-electron chi connectivity index (χ0n) is 10.9. The second kappa shape index (κ2) is 6.17. The lowest BCUT2D eigenvalue weighted by Gasteiger charge is -2.28. The molecular weight excluding hydrogens is 278 g/mol. The highest BCUT2D eigenvalue weighted by Crippen LogP contribution is 2.37. The number of carbonyl (C=O) groups is 2. The molecule has 1 amide bonds.